The summed E-state index contributed by atoms with van der Waals surface area (Å²) in [5, 5.41) is 9.50. The Hall–Kier alpha value is -1.36. The second kappa shape index (κ2) is 7.59. The molecule has 1 atom stereocenters. The summed E-state index contributed by atoms with van der Waals surface area (Å²) in [4.78, 5) is 14.3. The Morgan fingerprint density at radius 1 is 1.52 bits per heavy atom. The SMILES string of the molecule is CC(C(=O)N(C)Cc1csc(C#CCCO)c1)S(C)(=O)=O. The van der Waals surface area contributed by atoms with Crippen LogP contribution in [0.3, 0.4) is 0 Å². The highest BCUT2D eigenvalue weighted by Gasteiger charge is 2.26. The van der Waals surface area contributed by atoms with Crippen molar-refractivity contribution >= 4 is 27.1 Å². The van der Waals surface area contributed by atoms with Crippen LogP contribution in [-0.2, 0) is 21.2 Å². The Labute approximate surface area is 129 Å². The lowest BCUT2D eigenvalue weighted by molar-refractivity contribution is -0.129. The van der Waals surface area contributed by atoms with Gasteiger partial charge >= 0.3 is 0 Å². The molecule has 21 heavy (non-hydrogen) atoms. The van der Waals surface area contributed by atoms with Gasteiger partial charge in [-0.2, -0.15) is 0 Å². The molecule has 1 heterocycles. The minimum absolute atomic E-state index is 0.0336. The Kier molecular flexibility index (Phi) is 6.40. The predicted octanol–water partition coefficient (Wildman–Crippen LogP) is 0.873. The number of aliphatic hydroxyl groups is 1. The van der Waals surface area contributed by atoms with Gasteiger partial charge in [0.15, 0.2) is 9.84 Å². The summed E-state index contributed by atoms with van der Waals surface area (Å²) in [5.41, 5.74) is 0.907. The molecule has 0 aromatic carbocycles. The first-order valence-corrected chi connectivity index (χ1v) is 9.20. The van der Waals surface area contributed by atoms with E-state index >= 15 is 0 Å². The molecule has 0 aliphatic heterocycles. The zero-order valence-electron chi connectivity index (χ0n) is 12.3. The van der Waals surface area contributed by atoms with Gasteiger partial charge < -0.3 is 10.0 Å². The van der Waals surface area contributed by atoms with Gasteiger partial charge in [0.1, 0.15) is 5.25 Å². The fourth-order valence-electron chi connectivity index (χ4n) is 1.57. The van der Waals surface area contributed by atoms with Gasteiger partial charge in [0, 0.05) is 26.3 Å². The van der Waals surface area contributed by atoms with Crippen molar-refractivity contribution in [2.45, 2.75) is 25.1 Å². The van der Waals surface area contributed by atoms with Gasteiger partial charge in [0.2, 0.25) is 5.91 Å². The molecule has 1 aromatic heterocycles. The minimum Gasteiger partial charge on any atom is -0.395 e. The van der Waals surface area contributed by atoms with E-state index in [1.54, 1.807) is 7.05 Å². The zero-order chi connectivity index (χ0) is 16.0. The molecule has 5 nitrogen and oxygen atoms in total. The van der Waals surface area contributed by atoms with Crippen molar-refractivity contribution in [2.24, 2.45) is 0 Å². The molecule has 0 aliphatic carbocycles. The van der Waals surface area contributed by atoms with Crippen LogP contribution >= 0.6 is 11.3 Å². The summed E-state index contributed by atoms with van der Waals surface area (Å²) in [6.07, 6.45) is 1.49. The first-order valence-electron chi connectivity index (χ1n) is 6.36. The van der Waals surface area contributed by atoms with Crippen molar-refractivity contribution in [3.63, 3.8) is 0 Å². The first kappa shape index (κ1) is 17.7. The molecule has 1 N–H and O–H groups in total. The van der Waals surface area contributed by atoms with Crippen LogP contribution in [0.15, 0.2) is 11.4 Å². The molecule has 116 valence electrons. The summed E-state index contributed by atoms with van der Waals surface area (Å²) in [6.45, 7) is 1.77. The molecule has 0 saturated heterocycles. The van der Waals surface area contributed by atoms with E-state index in [0.717, 1.165) is 16.7 Å². The van der Waals surface area contributed by atoms with Crippen LogP contribution < -0.4 is 0 Å². The van der Waals surface area contributed by atoms with Gasteiger partial charge in [0.05, 0.1) is 11.5 Å². The highest BCUT2D eigenvalue weighted by Crippen LogP contribution is 2.16. The molecule has 0 radical (unpaired) electrons. The van der Waals surface area contributed by atoms with Crippen LogP contribution in [0.4, 0.5) is 0 Å². The average molecular weight is 329 g/mol. The van der Waals surface area contributed by atoms with Crippen LogP contribution in [0.25, 0.3) is 0 Å². The van der Waals surface area contributed by atoms with Crippen LogP contribution in [0.2, 0.25) is 0 Å². The maximum atomic E-state index is 12.0. The van der Waals surface area contributed by atoms with E-state index in [0.29, 0.717) is 13.0 Å². The van der Waals surface area contributed by atoms with Gasteiger partial charge in [-0.15, -0.1) is 11.3 Å². The highest BCUT2D eigenvalue weighted by molar-refractivity contribution is 7.92. The Bertz CT molecular complexity index is 652. The Balaban J connectivity index is 2.70. The topological polar surface area (TPSA) is 74.7 Å². The van der Waals surface area contributed by atoms with Crippen LogP contribution in [0, 0.1) is 11.8 Å². The number of nitrogens with zero attached hydrogens (tertiary/aromatic N) is 1. The molecular formula is C14H19NO4S2. The highest BCUT2D eigenvalue weighted by atomic mass is 32.2. The molecule has 1 rings (SSSR count). The van der Waals surface area contributed by atoms with Crippen LogP contribution in [0.1, 0.15) is 23.8 Å². The van der Waals surface area contributed by atoms with Crippen molar-refractivity contribution in [1.82, 2.24) is 4.90 Å². The zero-order valence-corrected chi connectivity index (χ0v) is 13.9. The van der Waals surface area contributed by atoms with E-state index in [4.69, 9.17) is 5.11 Å². The van der Waals surface area contributed by atoms with Crippen LogP contribution in [0.5, 0.6) is 0 Å². The third kappa shape index (κ3) is 5.50. The number of amides is 1. The van der Waals surface area contributed by atoms with Crippen molar-refractivity contribution in [1.29, 1.82) is 0 Å². The molecule has 0 saturated carbocycles. The van der Waals surface area contributed by atoms with Gasteiger partial charge in [0.25, 0.3) is 0 Å². The van der Waals surface area contributed by atoms with Crippen LogP contribution in [-0.4, -0.2) is 49.5 Å². The van der Waals surface area contributed by atoms with E-state index in [1.807, 2.05) is 11.4 Å². The largest absolute Gasteiger partial charge is 0.395 e. The lowest BCUT2D eigenvalue weighted by Crippen LogP contribution is -2.38. The summed E-state index contributed by atoms with van der Waals surface area (Å²) >= 11 is 1.46. The number of hydrogen-bond acceptors (Lipinski definition) is 5. The maximum Gasteiger partial charge on any atom is 0.240 e. The summed E-state index contributed by atoms with van der Waals surface area (Å²) in [5.74, 6) is 5.33. The van der Waals surface area contributed by atoms with Crippen molar-refractivity contribution in [2.75, 3.05) is 19.9 Å². The standard InChI is InChI=1S/C14H19NO4S2/c1-11(21(3,18)19)14(17)15(2)9-12-8-13(20-10-12)6-4-5-7-16/h8,10-11,16H,5,7,9H2,1-3H3. The second-order valence-corrected chi connectivity index (χ2v) is 8.04. The number of rotatable bonds is 5. The smallest absolute Gasteiger partial charge is 0.240 e. The normalized spacial score (nSPS) is 12.4. The molecule has 0 spiro atoms. The third-order valence-corrected chi connectivity index (χ3v) is 5.27. The van der Waals surface area contributed by atoms with E-state index in [9.17, 15) is 13.2 Å². The van der Waals surface area contributed by atoms with Crippen molar-refractivity contribution in [3.05, 3.63) is 21.9 Å². The average Bonchev–Trinajstić information content (AvgIpc) is 2.83. The summed E-state index contributed by atoms with van der Waals surface area (Å²) < 4.78 is 22.8. The molecule has 7 heteroatoms. The number of carbonyl (C=O) groups excluding carboxylic acids is 1. The maximum absolute atomic E-state index is 12.0. The van der Waals surface area contributed by atoms with E-state index < -0.39 is 21.0 Å². The molecule has 1 unspecified atom stereocenters. The quantitative estimate of drug-likeness (QED) is 0.814. The Morgan fingerprint density at radius 3 is 2.76 bits per heavy atom. The van der Waals surface area contributed by atoms with Gasteiger partial charge in [-0.05, 0) is 23.9 Å². The van der Waals surface area contributed by atoms with Crippen molar-refractivity contribution in [3.8, 4) is 11.8 Å². The molecule has 0 aliphatic rings. The van der Waals surface area contributed by atoms with Crippen molar-refractivity contribution < 1.29 is 18.3 Å². The van der Waals surface area contributed by atoms with E-state index in [-0.39, 0.29) is 6.61 Å². The minimum atomic E-state index is -3.38. The van der Waals surface area contributed by atoms with Gasteiger partial charge in [-0.1, -0.05) is 11.8 Å². The summed E-state index contributed by atoms with van der Waals surface area (Å²) in [6, 6.07) is 1.87. The molecule has 0 fully saturated rings. The fraction of sp³-hybridized carbons (Fsp3) is 0.500. The molecule has 0 bridgehead atoms. The number of sulfone groups is 1. The summed E-state index contributed by atoms with van der Waals surface area (Å²) in [7, 11) is -1.80. The lowest BCUT2D eigenvalue weighted by atomic mass is 10.2. The molecular weight excluding hydrogens is 310 g/mol. The number of hydrogen-bond donors (Lipinski definition) is 1. The molecule has 1 amide bonds. The van der Waals surface area contributed by atoms with E-state index in [1.165, 1.54) is 23.2 Å². The van der Waals surface area contributed by atoms with Gasteiger partial charge in [-0.3, -0.25) is 4.79 Å². The Morgan fingerprint density at radius 2 is 2.19 bits per heavy atom. The predicted molar refractivity (Wildman–Crippen MR) is 83.7 cm³/mol. The number of thiophene rings is 1. The van der Waals surface area contributed by atoms with Gasteiger partial charge in [-0.25, -0.2) is 8.42 Å². The number of aliphatic hydroxyl groups excluding tert-OH is 1. The lowest BCUT2D eigenvalue weighted by Gasteiger charge is -2.19. The fourth-order valence-corrected chi connectivity index (χ4v) is 2.89. The molecule has 1 aromatic rings. The number of carbonyl (C=O) groups is 1. The first-order chi connectivity index (χ1) is 9.75. The third-order valence-electron chi connectivity index (χ3n) is 2.89. The van der Waals surface area contributed by atoms with E-state index in [2.05, 4.69) is 11.8 Å². The second-order valence-electron chi connectivity index (χ2n) is 4.76. The monoisotopic (exact) mass is 329 g/mol.